The van der Waals surface area contributed by atoms with E-state index in [-0.39, 0.29) is 5.91 Å². The van der Waals surface area contributed by atoms with Crippen molar-refractivity contribution in [1.29, 1.82) is 0 Å². The van der Waals surface area contributed by atoms with Gasteiger partial charge in [-0.05, 0) is 64.8 Å². The van der Waals surface area contributed by atoms with E-state index in [2.05, 4.69) is 15.5 Å². The highest BCUT2D eigenvalue weighted by Crippen LogP contribution is 2.40. The van der Waals surface area contributed by atoms with Crippen molar-refractivity contribution in [3.63, 3.8) is 0 Å². The van der Waals surface area contributed by atoms with Gasteiger partial charge in [-0.25, -0.2) is 9.48 Å². The van der Waals surface area contributed by atoms with Gasteiger partial charge >= 0.3 is 6.09 Å². The minimum absolute atomic E-state index is 0.298. The number of amides is 1. The monoisotopic (exact) mass is 455 g/mol. The zero-order valence-corrected chi connectivity index (χ0v) is 19.3. The number of benzene rings is 1. The van der Waals surface area contributed by atoms with Crippen LogP contribution in [-0.2, 0) is 9.53 Å². The van der Waals surface area contributed by atoms with Crippen LogP contribution in [0.1, 0.15) is 63.8 Å². The third-order valence-corrected chi connectivity index (χ3v) is 5.30. The molecule has 1 amide bonds. The van der Waals surface area contributed by atoms with E-state index in [0.717, 1.165) is 28.9 Å². The van der Waals surface area contributed by atoms with E-state index in [1.54, 1.807) is 62.8 Å². The van der Waals surface area contributed by atoms with Crippen molar-refractivity contribution in [3.8, 4) is 5.69 Å². The van der Waals surface area contributed by atoms with Crippen LogP contribution >= 0.6 is 11.6 Å². The Hall–Kier alpha value is -3.13. The lowest BCUT2D eigenvalue weighted by atomic mass is 10.1. The molecule has 1 atom stereocenters. The second kappa shape index (κ2) is 8.43. The molecule has 8 nitrogen and oxygen atoms in total. The van der Waals surface area contributed by atoms with Gasteiger partial charge in [0.05, 0.1) is 23.0 Å². The van der Waals surface area contributed by atoms with Crippen LogP contribution in [0.15, 0.2) is 42.6 Å². The fourth-order valence-corrected chi connectivity index (χ4v) is 3.40. The minimum Gasteiger partial charge on any atom is -0.442 e. The van der Waals surface area contributed by atoms with Gasteiger partial charge < -0.3 is 10.1 Å². The molecule has 32 heavy (non-hydrogen) atoms. The lowest BCUT2D eigenvalue weighted by molar-refractivity contribution is -0.117. The van der Waals surface area contributed by atoms with E-state index in [1.807, 2.05) is 12.1 Å². The van der Waals surface area contributed by atoms with Crippen molar-refractivity contribution in [3.05, 3.63) is 59.0 Å². The van der Waals surface area contributed by atoms with Crippen LogP contribution in [-0.4, -0.2) is 37.2 Å². The van der Waals surface area contributed by atoms with Gasteiger partial charge in [-0.3, -0.25) is 4.79 Å². The molecule has 1 unspecified atom stereocenters. The van der Waals surface area contributed by atoms with Gasteiger partial charge in [0.2, 0.25) is 5.91 Å². The number of aromatic nitrogens is 4. The van der Waals surface area contributed by atoms with Crippen LogP contribution in [0.5, 0.6) is 0 Å². The van der Waals surface area contributed by atoms with E-state index < -0.39 is 17.6 Å². The topological polar surface area (TPSA) is 91.0 Å². The Morgan fingerprint density at radius 2 is 1.94 bits per heavy atom. The maximum atomic E-state index is 13.0. The second-order valence-corrected chi connectivity index (χ2v) is 9.43. The molecular formula is C23H26ClN5O3. The van der Waals surface area contributed by atoms with Gasteiger partial charge in [0.1, 0.15) is 11.4 Å². The van der Waals surface area contributed by atoms with Gasteiger partial charge in [0.25, 0.3) is 0 Å². The quantitative estimate of drug-likeness (QED) is 0.576. The van der Waals surface area contributed by atoms with Crippen molar-refractivity contribution >= 4 is 29.4 Å². The van der Waals surface area contributed by atoms with Crippen molar-refractivity contribution in [1.82, 2.24) is 19.6 Å². The number of carbonyl (C=O) groups is 2. The molecule has 1 saturated carbocycles. The highest BCUT2D eigenvalue weighted by Gasteiger charge is 2.31. The molecule has 4 rings (SSSR count). The first-order chi connectivity index (χ1) is 15.1. The summed E-state index contributed by atoms with van der Waals surface area (Å²) in [7, 11) is 0. The van der Waals surface area contributed by atoms with E-state index >= 15 is 0 Å². The van der Waals surface area contributed by atoms with Crippen LogP contribution in [0.4, 0.5) is 10.6 Å². The summed E-state index contributed by atoms with van der Waals surface area (Å²) in [6, 6.07) is 10.8. The van der Waals surface area contributed by atoms with Gasteiger partial charge in [-0.2, -0.15) is 10.2 Å². The highest BCUT2D eigenvalue weighted by molar-refractivity contribution is 6.30. The number of nitrogens with one attached hydrogen (secondary N) is 1. The van der Waals surface area contributed by atoms with Gasteiger partial charge in [-0.1, -0.05) is 17.7 Å². The summed E-state index contributed by atoms with van der Waals surface area (Å²) in [6.45, 7) is 7.11. The summed E-state index contributed by atoms with van der Waals surface area (Å²) >= 11 is 6.06. The molecule has 1 aliphatic carbocycles. The number of hydrogen-bond donors (Lipinski definition) is 1. The Kier molecular flexibility index (Phi) is 5.81. The summed E-state index contributed by atoms with van der Waals surface area (Å²) in [4.78, 5) is 25.6. The zero-order valence-electron chi connectivity index (χ0n) is 18.5. The lowest BCUT2D eigenvalue weighted by Gasteiger charge is -2.20. The SMILES string of the molecule is CC(C(=O)Nc1cc(C2CC2)nn1C(=O)OC(C)(C)C)c1ccn(-c2cccc(Cl)c2)n1. The average molecular weight is 456 g/mol. The van der Waals surface area contributed by atoms with E-state index in [9.17, 15) is 9.59 Å². The fourth-order valence-electron chi connectivity index (χ4n) is 3.21. The Morgan fingerprint density at radius 1 is 1.19 bits per heavy atom. The molecule has 0 radical (unpaired) electrons. The number of anilines is 1. The summed E-state index contributed by atoms with van der Waals surface area (Å²) < 4.78 is 8.25. The van der Waals surface area contributed by atoms with Crippen molar-refractivity contribution in [2.75, 3.05) is 5.32 Å². The summed E-state index contributed by atoms with van der Waals surface area (Å²) in [5, 5.41) is 12.3. The number of ether oxygens (including phenoxy) is 1. The Labute approximate surface area is 191 Å². The molecular weight excluding hydrogens is 430 g/mol. The predicted octanol–water partition coefficient (Wildman–Crippen LogP) is 5.13. The fraction of sp³-hybridized carbons (Fsp3) is 0.391. The molecule has 0 bridgehead atoms. The molecule has 0 aliphatic heterocycles. The number of halogens is 1. The molecule has 1 N–H and O–H groups in total. The van der Waals surface area contributed by atoms with Crippen LogP contribution in [0.3, 0.4) is 0 Å². The Morgan fingerprint density at radius 3 is 2.59 bits per heavy atom. The van der Waals surface area contributed by atoms with E-state index in [4.69, 9.17) is 16.3 Å². The predicted molar refractivity (Wildman–Crippen MR) is 121 cm³/mol. The first kappa shape index (κ1) is 22.1. The van der Waals surface area contributed by atoms with Crippen molar-refractivity contribution in [2.24, 2.45) is 0 Å². The molecule has 0 saturated heterocycles. The van der Waals surface area contributed by atoms with Crippen LogP contribution in [0.25, 0.3) is 5.69 Å². The van der Waals surface area contributed by atoms with Crippen molar-refractivity contribution in [2.45, 2.75) is 58.0 Å². The molecule has 2 aromatic heterocycles. The largest absolute Gasteiger partial charge is 0.442 e. The molecule has 168 valence electrons. The molecule has 9 heteroatoms. The molecule has 1 fully saturated rings. The van der Waals surface area contributed by atoms with Gasteiger partial charge in [0, 0.05) is 23.2 Å². The molecule has 1 aromatic carbocycles. The van der Waals surface area contributed by atoms with E-state index in [1.165, 1.54) is 0 Å². The third-order valence-electron chi connectivity index (χ3n) is 5.06. The number of nitrogens with zero attached hydrogens (tertiary/aromatic N) is 4. The molecule has 2 heterocycles. The molecule has 1 aliphatic rings. The highest BCUT2D eigenvalue weighted by atomic mass is 35.5. The number of hydrogen-bond acceptors (Lipinski definition) is 5. The number of rotatable bonds is 5. The minimum atomic E-state index is -0.676. The average Bonchev–Trinajstić information content (AvgIpc) is 3.29. The number of carbonyl (C=O) groups excluding carboxylic acids is 2. The first-order valence-electron chi connectivity index (χ1n) is 10.6. The lowest BCUT2D eigenvalue weighted by Crippen LogP contribution is -2.30. The summed E-state index contributed by atoms with van der Waals surface area (Å²) in [5.74, 6) is -0.234. The Balaban J connectivity index is 1.53. The van der Waals surface area contributed by atoms with Crippen LogP contribution < -0.4 is 5.32 Å². The zero-order chi connectivity index (χ0) is 23.0. The molecule has 0 spiro atoms. The second-order valence-electron chi connectivity index (χ2n) is 9.00. The third kappa shape index (κ3) is 5.02. The summed E-state index contributed by atoms with van der Waals surface area (Å²) in [6.07, 6.45) is 3.20. The van der Waals surface area contributed by atoms with Gasteiger partial charge in [0.15, 0.2) is 0 Å². The van der Waals surface area contributed by atoms with Crippen LogP contribution in [0.2, 0.25) is 5.02 Å². The normalized spacial score (nSPS) is 14.8. The van der Waals surface area contributed by atoms with Crippen LogP contribution in [0, 0.1) is 0 Å². The standard InChI is InChI=1S/C23H26ClN5O3/c1-14(18-10-11-28(26-18)17-7-5-6-16(24)12-17)21(30)25-20-13-19(15-8-9-15)27-29(20)22(31)32-23(2,3)4/h5-7,10-15H,8-9H2,1-4H3,(H,25,30). The maximum absolute atomic E-state index is 13.0. The smallest absolute Gasteiger partial charge is 0.437 e. The van der Waals surface area contributed by atoms with Gasteiger partial charge in [-0.15, -0.1) is 4.68 Å². The maximum Gasteiger partial charge on any atom is 0.437 e. The van der Waals surface area contributed by atoms with Crippen molar-refractivity contribution < 1.29 is 14.3 Å². The Bertz CT molecular complexity index is 1160. The summed E-state index contributed by atoms with van der Waals surface area (Å²) in [5.41, 5.74) is 1.50. The molecule has 3 aromatic rings. The first-order valence-corrected chi connectivity index (χ1v) is 10.9. The van der Waals surface area contributed by atoms with E-state index in [0.29, 0.717) is 22.5 Å².